The van der Waals surface area contributed by atoms with Crippen molar-refractivity contribution in [2.45, 2.75) is 31.5 Å². The van der Waals surface area contributed by atoms with Gasteiger partial charge in [0.25, 0.3) is 0 Å². The zero-order valence-electron chi connectivity index (χ0n) is 5.99. The second-order valence-corrected chi connectivity index (χ2v) is 2.76. The molecule has 0 aromatic rings. The summed E-state index contributed by atoms with van der Waals surface area (Å²) in [6.07, 6.45) is -2.06. The molecule has 1 rings (SSSR count). The van der Waals surface area contributed by atoms with E-state index in [1.807, 2.05) is 0 Å². The number of hydrogen-bond donors (Lipinski definition) is 1. The van der Waals surface area contributed by atoms with Crippen LogP contribution in [-0.2, 0) is 0 Å². The Morgan fingerprint density at radius 1 is 1.45 bits per heavy atom. The molecule has 0 aromatic carbocycles. The Kier molecular flexibility index (Phi) is 2.23. The van der Waals surface area contributed by atoms with Gasteiger partial charge in [-0.05, 0) is 19.3 Å². The minimum atomic E-state index is -4.14. The van der Waals surface area contributed by atoms with Gasteiger partial charge in [0.05, 0.1) is 0 Å². The maximum Gasteiger partial charge on any atom is 0.412 e. The number of hydrogen-bond acceptors (Lipinski definition) is 1. The van der Waals surface area contributed by atoms with Crippen LogP contribution in [0.2, 0.25) is 0 Å². The lowest BCUT2D eigenvalue weighted by Crippen LogP contribution is -2.25. The molecule has 0 saturated heterocycles. The Balaban J connectivity index is 2.62. The normalized spacial score (nSPS) is 26.5. The van der Waals surface area contributed by atoms with Gasteiger partial charge in [0, 0.05) is 11.6 Å². The summed E-state index contributed by atoms with van der Waals surface area (Å²) in [6.45, 7) is 0. The summed E-state index contributed by atoms with van der Waals surface area (Å²) in [5, 5.41) is 0. The fourth-order valence-electron chi connectivity index (χ4n) is 1.11. The molecular weight excluding hydrogens is 155 g/mol. The lowest BCUT2D eigenvalue weighted by atomic mass is 9.96. The lowest BCUT2D eigenvalue weighted by molar-refractivity contribution is -0.0951. The van der Waals surface area contributed by atoms with E-state index in [-0.39, 0.29) is 12.5 Å². The second kappa shape index (κ2) is 2.85. The SMILES string of the molecule is NC1CC=C(C(F)(F)F)CC1. The molecule has 0 radical (unpaired) electrons. The van der Waals surface area contributed by atoms with Crippen LogP contribution < -0.4 is 5.73 Å². The molecule has 0 aliphatic heterocycles. The molecule has 0 spiro atoms. The molecule has 2 N–H and O–H groups in total. The van der Waals surface area contributed by atoms with Gasteiger partial charge in [-0.2, -0.15) is 13.2 Å². The Morgan fingerprint density at radius 2 is 2.09 bits per heavy atom. The van der Waals surface area contributed by atoms with Crippen LogP contribution in [0.25, 0.3) is 0 Å². The molecule has 0 saturated carbocycles. The molecule has 1 aliphatic carbocycles. The first-order valence-corrected chi connectivity index (χ1v) is 3.52. The smallest absolute Gasteiger partial charge is 0.327 e. The standard InChI is InChI=1S/C7H10F3N/c8-7(9,10)5-1-3-6(11)4-2-5/h1,6H,2-4,11H2. The zero-order valence-corrected chi connectivity index (χ0v) is 5.99. The van der Waals surface area contributed by atoms with Crippen LogP contribution in [0.3, 0.4) is 0 Å². The van der Waals surface area contributed by atoms with Crippen molar-refractivity contribution in [2.24, 2.45) is 5.73 Å². The van der Waals surface area contributed by atoms with Crippen LogP contribution in [0.4, 0.5) is 13.2 Å². The van der Waals surface area contributed by atoms with Crippen molar-refractivity contribution in [1.29, 1.82) is 0 Å². The molecule has 0 bridgehead atoms. The van der Waals surface area contributed by atoms with E-state index in [0.29, 0.717) is 12.8 Å². The van der Waals surface area contributed by atoms with Gasteiger partial charge in [0.2, 0.25) is 0 Å². The van der Waals surface area contributed by atoms with Gasteiger partial charge in [0.15, 0.2) is 0 Å². The Morgan fingerprint density at radius 3 is 2.45 bits per heavy atom. The average Bonchev–Trinajstić information content (AvgIpc) is 1.86. The van der Waals surface area contributed by atoms with Gasteiger partial charge in [-0.3, -0.25) is 0 Å². The van der Waals surface area contributed by atoms with Crippen molar-refractivity contribution in [3.05, 3.63) is 11.6 Å². The molecule has 11 heavy (non-hydrogen) atoms. The number of halogens is 3. The quantitative estimate of drug-likeness (QED) is 0.546. The number of alkyl halides is 3. The number of rotatable bonds is 0. The zero-order chi connectivity index (χ0) is 8.48. The average molecular weight is 165 g/mol. The van der Waals surface area contributed by atoms with Crippen LogP contribution in [0.15, 0.2) is 11.6 Å². The van der Waals surface area contributed by atoms with E-state index in [0.717, 1.165) is 0 Å². The van der Waals surface area contributed by atoms with Gasteiger partial charge < -0.3 is 5.73 Å². The molecule has 1 unspecified atom stereocenters. The Hall–Kier alpha value is -0.510. The lowest BCUT2D eigenvalue weighted by Gasteiger charge is -2.19. The van der Waals surface area contributed by atoms with Gasteiger partial charge in [-0.15, -0.1) is 0 Å². The van der Waals surface area contributed by atoms with Crippen LogP contribution in [0.5, 0.6) is 0 Å². The first-order chi connectivity index (χ1) is 5.00. The van der Waals surface area contributed by atoms with Crippen molar-refractivity contribution < 1.29 is 13.2 Å². The van der Waals surface area contributed by atoms with E-state index in [2.05, 4.69) is 0 Å². The summed E-state index contributed by atoms with van der Waals surface area (Å²) in [4.78, 5) is 0. The maximum atomic E-state index is 12.0. The summed E-state index contributed by atoms with van der Waals surface area (Å²) in [6, 6.07) is -0.0823. The summed E-state index contributed by atoms with van der Waals surface area (Å²) in [7, 11) is 0. The van der Waals surface area contributed by atoms with E-state index < -0.39 is 11.7 Å². The van der Waals surface area contributed by atoms with Gasteiger partial charge in [-0.1, -0.05) is 6.08 Å². The largest absolute Gasteiger partial charge is 0.412 e. The minimum absolute atomic E-state index is 0.0741. The van der Waals surface area contributed by atoms with Gasteiger partial charge >= 0.3 is 6.18 Å². The molecule has 0 aromatic heterocycles. The van der Waals surface area contributed by atoms with E-state index in [1.165, 1.54) is 6.08 Å². The predicted molar refractivity (Wildman–Crippen MR) is 36.0 cm³/mol. The van der Waals surface area contributed by atoms with E-state index >= 15 is 0 Å². The Bertz CT molecular complexity index is 171. The third-order valence-corrected chi connectivity index (χ3v) is 1.82. The summed E-state index contributed by atoms with van der Waals surface area (Å²) in [5.41, 5.74) is 5.01. The van der Waals surface area contributed by atoms with Crippen LogP contribution in [0.1, 0.15) is 19.3 Å². The second-order valence-electron chi connectivity index (χ2n) is 2.76. The summed E-state index contributed by atoms with van der Waals surface area (Å²) >= 11 is 0. The fraction of sp³-hybridized carbons (Fsp3) is 0.714. The third kappa shape index (κ3) is 2.22. The molecule has 1 aliphatic rings. The highest BCUT2D eigenvalue weighted by Gasteiger charge is 2.34. The van der Waals surface area contributed by atoms with Crippen molar-refractivity contribution in [3.63, 3.8) is 0 Å². The van der Waals surface area contributed by atoms with Crippen molar-refractivity contribution >= 4 is 0 Å². The van der Waals surface area contributed by atoms with Crippen molar-refractivity contribution in [3.8, 4) is 0 Å². The van der Waals surface area contributed by atoms with E-state index in [1.54, 1.807) is 0 Å². The maximum absolute atomic E-state index is 12.0. The number of nitrogens with two attached hydrogens (primary N) is 1. The topological polar surface area (TPSA) is 26.0 Å². The Labute approximate surface area is 63.1 Å². The van der Waals surface area contributed by atoms with Crippen molar-refractivity contribution in [2.75, 3.05) is 0 Å². The van der Waals surface area contributed by atoms with E-state index in [9.17, 15) is 13.2 Å². The third-order valence-electron chi connectivity index (χ3n) is 1.82. The minimum Gasteiger partial charge on any atom is -0.327 e. The van der Waals surface area contributed by atoms with Crippen LogP contribution >= 0.6 is 0 Å². The molecule has 1 atom stereocenters. The van der Waals surface area contributed by atoms with Gasteiger partial charge in [-0.25, -0.2) is 0 Å². The fourth-order valence-corrected chi connectivity index (χ4v) is 1.11. The molecule has 64 valence electrons. The highest BCUT2D eigenvalue weighted by molar-refractivity contribution is 5.12. The molecule has 4 heteroatoms. The first kappa shape index (κ1) is 8.59. The van der Waals surface area contributed by atoms with Crippen LogP contribution in [0, 0.1) is 0 Å². The predicted octanol–water partition coefficient (Wildman–Crippen LogP) is 1.99. The molecule has 0 amide bonds. The highest BCUT2D eigenvalue weighted by Crippen LogP contribution is 2.32. The molecule has 0 fully saturated rings. The van der Waals surface area contributed by atoms with Crippen molar-refractivity contribution in [1.82, 2.24) is 0 Å². The monoisotopic (exact) mass is 165 g/mol. The summed E-state index contributed by atoms with van der Waals surface area (Å²) < 4.78 is 35.9. The summed E-state index contributed by atoms with van der Waals surface area (Å²) in [5.74, 6) is 0. The van der Waals surface area contributed by atoms with Gasteiger partial charge in [0.1, 0.15) is 0 Å². The number of allylic oxidation sites excluding steroid dienone is 1. The first-order valence-electron chi connectivity index (χ1n) is 3.52. The molecule has 1 nitrogen and oxygen atoms in total. The highest BCUT2D eigenvalue weighted by atomic mass is 19.4. The van der Waals surface area contributed by atoms with E-state index in [4.69, 9.17) is 5.73 Å². The molecular formula is C7H10F3N. The molecule has 0 heterocycles. The van der Waals surface area contributed by atoms with Crippen LogP contribution in [-0.4, -0.2) is 12.2 Å².